The number of ketones is 2. The number of hydrogen-bond acceptors (Lipinski definition) is 5. The first-order valence-corrected chi connectivity index (χ1v) is 9.30. The first-order chi connectivity index (χ1) is 13.7. The van der Waals surface area contributed by atoms with Crippen LogP contribution in [0.2, 0.25) is 0 Å². The molecule has 0 atom stereocenters. The highest BCUT2D eigenvalue weighted by atomic mass is 16.5. The van der Waals surface area contributed by atoms with Gasteiger partial charge in [0.15, 0.2) is 17.3 Å². The Morgan fingerprint density at radius 2 is 1.41 bits per heavy atom. The lowest BCUT2D eigenvalue weighted by Gasteiger charge is -2.22. The van der Waals surface area contributed by atoms with Gasteiger partial charge >= 0.3 is 0 Å². The monoisotopic (exact) mass is 387 g/mol. The van der Waals surface area contributed by atoms with Crippen LogP contribution in [0.5, 0.6) is 17.2 Å². The Labute approximate surface area is 168 Å². The number of phenols is 1. The summed E-state index contributed by atoms with van der Waals surface area (Å²) in [5.74, 6) is -0.523. The van der Waals surface area contributed by atoms with E-state index in [-0.39, 0.29) is 44.9 Å². The minimum absolute atomic E-state index is 0.00180. The molecular weight excluding hydrogens is 366 g/mol. The zero-order valence-corrected chi connectivity index (χ0v) is 16.4. The van der Waals surface area contributed by atoms with Crippen molar-refractivity contribution in [1.29, 1.82) is 0 Å². The fourth-order valence-corrected chi connectivity index (χ4v) is 3.51. The topological polar surface area (TPSA) is 89.6 Å². The third-order valence-electron chi connectivity index (χ3n) is 5.13. The predicted octanol–water partition coefficient (Wildman–Crippen LogP) is 4.84. The normalized spacial score (nSPS) is 13.1. The Kier molecular flexibility index (Phi) is 4.19. The van der Waals surface area contributed by atoms with E-state index in [4.69, 9.17) is 10.5 Å². The Morgan fingerprint density at radius 3 is 1.97 bits per heavy atom. The van der Waals surface area contributed by atoms with Crippen molar-refractivity contribution in [3.8, 4) is 17.2 Å². The van der Waals surface area contributed by atoms with Gasteiger partial charge in [-0.3, -0.25) is 9.59 Å². The summed E-state index contributed by atoms with van der Waals surface area (Å²) < 4.78 is 5.85. The molecule has 4 rings (SSSR count). The van der Waals surface area contributed by atoms with Gasteiger partial charge in [0, 0.05) is 17.2 Å². The average Bonchev–Trinajstić information content (AvgIpc) is 2.68. The smallest absolute Gasteiger partial charge is 0.198 e. The lowest BCUT2D eigenvalue weighted by Crippen LogP contribution is -2.22. The number of anilines is 1. The van der Waals surface area contributed by atoms with Crippen LogP contribution >= 0.6 is 0 Å². The van der Waals surface area contributed by atoms with Crippen LogP contribution in [0.25, 0.3) is 0 Å². The van der Waals surface area contributed by atoms with Crippen LogP contribution in [0.3, 0.4) is 0 Å². The van der Waals surface area contributed by atoms with Crippen molar-refractivity contribution in [3.05, 3.63) is 82.4 Å². The molecule has 0 aliphatic heterocycles. The molecule has 3 aromatic rings. The van der Waals surface area contributed by atoms with Gasteiger partial charge < -0.3 is 15.6 Å². The maximum absolute atomic E-state index is 13.0. The molecule has 1 aliphatic rings. The molecule has 0 bridgehead atoms. The first kappa shape index (κ1) is 18.7. The molecule has 0 radical (unpaired) electrons. The van der Waals surface area contributed by atoms with Gasteiger partial charge in [-0.05, 0) is 23.1 Å². The van der Waals surface area contributed by atoms with Crippen molar-refractivity contribution < 1.29 is 19.4 Å². The highest BCUT2D eigenvalue weighted by molar-refractivity contribution is 6.31. The van der Waals surface area contributed by atoms with Crippen LogP contribution in [0.15, 0.2) is 54.6 Å². The number of rotatable bonds is 2. The second-order valence-electron chi connectivity index (χ2n) is 8.14. The maximum atomic E-state index is 13.0. The fourth-order valence-electron chi connectivity index (χ4n) is 3.51. The first-order valence-electron chi connectivity index (χ1n) is 9.30. The molecule has 0 amide bonds. The Morgan fingerprint density at radius 1 is 0.862 bits per heavy atom. The zero-order valence-electron chi connectivity index (χ0n) is 16.4. The van der Waals surface area contributed by atoms with Gasteiger partial charge in [0.05, 0.1) is 16.8 Å². The van der Waals surface area contributed by atoms with E-state index in [0.29, 0.717) is 5.75 Å². The lowest BCUT2D eigenvalue weighted by atomic mass is 9.82. The number of nitrogen functional groups attached to an aromatic ring is 1. The third-order valence-corrected chi connectivity index (χ3v) is 5.13. The number of ether oxygens (including phenoxy) is 1. The number of nitrogens with two attached hydrogens (primary N) is 1. The molecule has 3 aromatic carbocycles. The van der Waals surface area contributed by atoms with Gasteiger partial charge in [0.1, 0.15) is 11.5 Å². The second-order valence-corrected chi connectivity index (χ2v) is 8.14. The van der Waals surface area contributed by atoms with Gasteiger partial charge in [-0.25, -0.2) is 0 Å². The summed E-state index contributed by atoms with van der Waals surface area (Å²) in [4.78, 5) is 25.8. The molecule has 5 heteroatoms. The number of hydrogen-bond donors (Lipinski definition) is 2. The van der Waals surface area contributed by atoms with Crippen LogP contribution in [0.4, 0.5) is 5.69 Å². The van der Waals surface area contributed by atoms with E-state index in [1.165, 1.54) is 6.07 Å². The highest BCUT2D eigenvalue weighted by Gasteiger charge is 2.35. The van der Waals surface area contributed by atoms with Gasteiger partial charge in [0.25, 0.3) is 0 Å². The molecule has 0 unspecified atom stereocenters. The van der Waals surface area contributed by atoms with E-state index in [0.717, 1.165) is 5.56 Å². The summed E-state index contributed by atoms with van der Waals surface area (Å²) in [6, 6.07) is 15.3. The lowest BCUT2D eigenvalue weighted by molar-refractivity contribution is 0.0977. The number of fused-ring (bicyclic) bond motifs is 2. The highest BCUT2D eigenvalue weighted by Crippen LogP contribution is 2.42. The molecule has 0 aromatic heterocycles. The molecule has 0 fully saturated rings. The molecule has 146 valence electrons. The van der Waals surface area contributed by atoms with Crippen molar-refractivity contribution in [2.75, 3.05) is 5.73 Å². The molecule has 29 heavy (non-hydrogen) atoms. The number of carbonyl (C=O) groups is 2. The Balaban J connectivity index is 1.77. The van der Waals surface area contributed by atoms with Crippen LogP contribution in [-0.4, -0.2) is 16.7 Å². The fraction of sp³-hybridized carbons (Fsp3) is 0.167. The predicted molar refractivity (Wildman–Crippen MR) is 111 cm³/mol. The molecular formula is C24H21NO4. The molecule has 0 saturated carbocycles. The van der Waals surface area contributed by atoms with E-state index in [9.17, 15) is 14.7 Å². The van der Waals surface area contributed by atoms with Crippen molar-refractivity contribution >= 4 is 17.3 Å². The van der Waals surface area contributed by atoms with Crippen LogP contribution in [0.1, 0.15) is 58.2 Å². The molecule has 5 nitrogen and oxygen atoms in total. The number of benzene rings is 3. The van der Waals surface area contributed by atoms with Crippen molar-refractivity contribution in [1.82, 2.24) is 0 Å². The van der Waals surface area contributed by atoms with Gasteiger partial charge in [0.2, 0.25) is 0 Å². The van der Waals surface area contributed by atoms with Gasteiger partial charge in [-0.2, -0.15) is 0 Å². The van der Waals surface area contributed by atoms with Gasteiger partial charge in [-0.1, -0.05) is 57.2 Å². The van der Waals surface area contributed by atoms with Crippen LogP contribution in [-0.2, 0) is 5.41 Å². The molecule has 0 spiro atoms. The largest absolute Gasteiger partial charge is 0.507 e. The second kappa shape index (κ2) is 6.48. The quantitative estimate of drug-likeness (QED) is 0.379. The van der Waals surface area contributed by atoms with Crippen molar-refractivity contribution in [2.24, 2.45) is 0 Å². The molecule has 0 heterocycles. The summed E-state index contributed by atoms with van der Waals surface area (Å²) in [7, 11) is 0. The minimum atomic E-state index is -0.430. The zero-order chi connectivity index (χ0) is 20.9. The average molecular weight is 387 g/mol. The third kappa shape index (κ3) is 3.05. The maximum Gasteiger partial charge on any atom is 0.198 e. The van der Waals surface area contributed by atoms with Gasteiger partial charge in [-0.15, -0.1) is 0 Å². The standard InChI is InChI=1S/C24H21NO4/c1-24(2,3)13-8-10-14(11-9-13)29-18-12-17(26)19-20(21(18)25)23(28)16-7-5-4-6-15(16)22(19)27/h4-12,26H,25H2,1-3H3. The molecule has 1 aliphatic carbocycles. The summed E-state index contributed by atoms with van der Waals surface area (Å²) >= 11 is 0. The summed E-state index contributed by atoms with van der Waals surface area (Å²) in [5, 5.41) is 10.5. The van der Waals surface area contributed by atoms with Crippen molar-refractivity contribution in [2.45, 2.75) is 26.2 Å². The number of aromatic hydroxyl groups is 1. The summed E-state index contributed by atoms with van der Waals surface area (Å²) in [5.41, 5.74) is 7.82. The van der Waals surface area contributed by atoms with Crippen molar-refractivity contribution in [3.63, 3.8) is 0 Å². The minimum Gasteiger partial charge on any atom is -0.507 e. The Bertz CT molecular complexity index is 1150. The molecule has 3 N–H and O–H groups in total. The van der Waals surface area contributed by atoms with Crippen LogP contribution in [0, 0.1) is 0 Å². The summed E-state index contributed by atoms with van der Waals surface area (Å²) in [6.07, 6.45) is 0. The number of phenolic OH excluding ortho intramolecular Hbond substituents is 1. The number of carbonyl (C=O) groups excluding carboxylic acids is 2. The molecule has 0 saturated heterocycles. The van der Waals surface area contributed by atoms with E-state index < -0.39 is 11.6 Å². The summed E-state index contributed by atoms with van der Waals surface area (Å²) in [6.45, 7) is 6.34. The SMILES string of the molecule is CC(C)(C)c1ccc(Oc2cc(O)c3c(c2N)C(=O)c2ccccc2C3=O)cc1. The Hall–Kier alpha value is -3.60. The van der Waals surface area contributed by atoms with E-state index >= 15 is 0 Å². The van der Waals surface area contributed by atoms with Crippen LogP contribution < -0.4 is 10.5 Å². The van der Waals surface area contributed by atoms with E-state index in [1.807, 2.05) is 12.1 Å². The van der Waals surface area contributed by atoms with E-state index in [2.05, 4.69) is 20.8 Å². The van der Waals surface area contributed by atoms with E-state index in [1.54, 1.807) is 36.4 Å².